The van der Waals surface area contributed by atoms with Crippen molar-refractivity contribution >= 4 is 5.69 Å². The maximum atomic E-state index is 5.89. The number of fused-ring (bicyclic) bond motifs is 2. The number of anilines is 1. The van der Waals surface area contributed by atoms with Crippen LogP contribution in [0.15, 0.2) is 36.7 Å². The molecule has 2 fully saturated rings. The van der Waals surface area contributed by atoms with Crippen LogP contribution < -0.4 is 5.73 Å². The van der Waals surface area contributed by atoms with Gasteiger partial charge in [0.05, 0.1) is 0 Å². The van der Waals surface area contributed by atoms with E-state index in [1.165, 1.54) is 25.7 Å². The summed E-state index contributed by atoms with van der Waals surface area (Å²) in [7, 11) is 0. The molecule has 3 atom stereocenters. The fraction of sp³-hybridized carbons (Fsp3) is 0.471. The number of benzene rings is 1. The second kappa shape index (κ2) is 4.65. The molecule has 0 saturated heterocycles. The van der Waals surface area contributed by atoms with Gasteiger partial charge in [-0.3, -0.25) is 0 Å². The molecule has 3 unspecified atom stereocenters. The Labute approximate surface area is 119 Å². The Balaban J connectivity index is 1.59. The van der Waals surface area contributed by atoms with E-state index in [1.54, 1.807) is 0 Å². The molecular formula is C17H21N3. The van der Waals surface area contributed by atoms with Crippen LogP contribution in [-0.2, 0) is 6.54 Å². The van der Waals surface area contributed by atoms with E-state index in [1.807, 2.05) is 24.4 Å². The number of nitrogens with two attached hydrogens (primary N) is 1. The third-order valence-corrected chi connectivity index (χ3v) is 5.18. The number of nitrogens with zero attached hydrogens (tertiary/aromatic N) is 2. The molecule has 104 valence electrons. The van der Waals surface area contributed by atoms with Gasteiger partial charge in [0.15, 0.2) is 0 Å². The van der Waals surface area contributed by atoms with Crippen molar-refractivity contribution in [3.63, 3.8) is 0 Å². The van der Waals surface area contributed by atoms with Gasteiger partial charge in [0.1, 0.15) is 5.82 Å². The largest absolute Gasteiger partial charge is 0.399 e. The molecule has 1 aromatic heterocycles. The van der Waals surface area contributed by atoms with Gasteiger partial charge < -0.3 is 10.3 Å². The van der Waals surface area contributed by atoms with Crippen molar-refractivity contribution in [1.29, 1.82) is 0 Å². The van der Waals surface area contributed by atoms with Gasteiger partial charge in [0, 0.05) is 30.2 Å². The fourth-order valence-corrected chi connectivity index (χ4v) is 4.25. The van der Waals surface area contributed by atoms with Crippen LogP contribution in [0.25, 0.3) is 11.4 Å². The Bertz CT molecular complexity index is 616. The topological polar surface area (TPSA) is 43.8 Å². The van der Waals surface area contributed by atoms with Crippen molar-refractivity contribution in [2.75, 3.05) is 5.73 Å². The molecule has 0 amide bonds. The summed E-state index contributed by atoms with van der Waals surface area (Å²) in [6, 6.07) is 8.03. The minimum atomic E-state index is 0.803. The van der Waals surface area contributed by atoms with E-state index in [2.05, 4.69) is 21.8 Å². The van der Waals surface area contributed by atoms with Crippen LogP contribution in [0.2, 0.25) is 0 Å². The number of rotatable bonds is 3. The van der Waals surface area contributed by atoms with E-state index >= 15 is 0 Å². The highest BCUT2D eigenvalue weighted by Crippen LogP contribution is 2.49. The molecule has 4 rings (SSSR count). The summed E-state index contributed by atoms with van der Waals surface area (Å²) in [6.45, 7) is 1.12. The molecule has 2 aliphatic carbocycles. The van der Waals surface area contributed by atoms with Crippen molar-refractivity contribution in [3.8, 4) is 11.4 Å². The normalized spacial score (nSPS) is 28.1. The van der Waals surface area contributed by atoms with Gasteiger partial charge >= 0.3 is 0 Å². The molecule has 20 heavy (non-hydrogen) atoms. The summed E-state index contributed by atoms with van der Waals surface area (Å²) in [5.41, 5.74) is 7.82. The molecule has 1 aromatic carbocycles. The van der Waals surface area contributed by atoms with Gasteiger partial charge in [-0.1, -0.05) is 18.6 Å². The minimum Gasteiger partial charge on any atom is -0.399 e. The SMILES string of the molecule is Nc1cccc(-c2nccn2CC2CC3CCC2C3)c1. The Morgan fingerprint density at radius 2 is 2.20 bits per heavy atom. The number of aromatic nitrogens is 2. The summed E-state index contributed by atoms with van der Waals surface area (Å²) < 4.78 is 2.32. The summed E-state index contributed by atoms with van der Waals surface area (Å²) in [5.74, 6) is 3.86. The van der Waals surface area contributed by atoms with Crippen molar-refractivity contribution in [3.05, 3.63) is 36.7 Å². The van der Waals surface area contributed by atoms with Crippen LogP contribution in [0.4, 0.5) is 5.69 Å². The van der Waals surface area contributed by atoms with E-state index in [0.29, 0.717) is 0 Å². The molecule has 2 bridgehead atoms. The van der Waals surface area contributed by atoms with Gasteiger partial charge in [0.2, 0.25) is 0 Å². The van der Waals surface area contributed by atoms with Crippen molar-refractivity contribution in [2.24, 2.45) is 17.8 Å². The zero-order chi connectivity index (χ0) is 13.5. The Morgan fingerprint density at radius 3 is 2.95 bits per heavy atom. The molecule has 3 heteroatoms. The van der Waals surface area contributed by atoms with Crippen molar-refractivity contribution < 1.29 is 0 Å². The lowest BCUT2D eigenvalue weighted by Crippen LogP contribution is -2.17. The van der Waals surface area contributed by atoms with Crippen molar-refractivity contribution in [2.45, 2.75) is 32.2 Å². The Kier molecular flexibility index (Phi) is 2.79. The Morgan fingerprint density at radius 1 is 1.25 bits per heavy atom. The first-order valence-electron chi connectivity index (χ1n) is 7.66. The molecule has 1 heterocycles. The predicted octanol–water partition coefficient (Wildman–Crippen LogP) is 3.57. The lowest BCUT2D eigenvalue weighted by Gasteiger charge is -2.22. The number of nitrogen functional groups attached to an aromatic ring is 1. The molecule has 0 aliphatic heterocycles. The van der Waals surface area contributed by atoms with E-state index in [4.69, 9.17) is 5.73 Å². The Hall–Kier alpha value is -1.77. The third-order valence-electron chi connectivity index (χ3n) is 5.18. The van der Waals surface area contributed by atoms with Crippen LogP contribution in [0, 0.1) is 17.8 Å². The highest BCUT2D eigenvalue weighted by molar-refractivity contribution is 5.61. The average molecular weight is 267 g/mol. The van der Waals surface area contributed by atoms with Crippen LogP contribution in [0.3, 0.4) is 0 Å². The molecular weight excluding hydrogens is 246 g/mol. The smallest absolute Gasteiger partial charge is 0.139 e. The maximum Gasteiger partial charge on any atom is 0.139 e. The van der Waals surface area contributed by atoms with Gasteiger partial charge in [0.25, 0.3) is 0 Å². The number of imidazole rings is 1. The van der Waals surface area contributed by atoms with Gasteiger partial charge in [-0.25, -0.2) is 4.98 Å². The summed E-state index contributed by atoms with van der Waals surface area (Å²) in [5, 5.41) is 0. The van der Waals surface area contributed by atoms with Crippen LogP contribution in [-0.4, -0.2) is 9.55 Å². The maximum absolute atomic E-state index is 5.89. The molecule has 0 radical (unpaired) electrons. The average Bonchev–Trinajstić information content (AvgIpc) is 3.14. The summed E-state index contributed by atoms with van der Waals surface area (Å²) >= 11 is 0. The van der Waals surface area contributed by atoms with Gasteiger partial charge in [-0.15, -0.1) is 0 Å². The van der Waals surface area contributed by atoms with E-state index < -0.39 is 0 Å². The summed E-state index contributed by atoms with van der Waals surface area (Å²) in [4.78, 5) is 4.54. The zero-order valence-corrected chi connectivity index (χ0v) is 11.7. The highest BCUT2D eigenvalue weighted by Gasteiger charge is 2.39. The molecule has 2 N–H and O–H groups in total. The highest BCUT2D eigenvalue weighted by atomic mass is 15.1. The minimum absolute atomic E-state index is 0.803. The first-order valence-corrected chi connectivity index (χ1v) is 7.66. The number of hydrogen-bond donors (Lipinski definition) is 1. The van der Waals surface area contributed by atoms with Crippen LogP contribution >= 0.6 is 0 Å². The lowest BCUT2D eigenvalue weighted by molar-refractivity contribution is 0.297. The van der Waals surface area contributed by atoms with Crippen LogP contribution in [0.1, 0.15) is 25.7 Å². The molecule has 3 nitrogen and oxygen atoms in total. The standard InChI is InChI=1S/C17H21N3/c18-16-3-1-2-14(10-16)17-19-6-7-20(17)11-15-9-12-4-5-13(15)8-12/h1-3,6-7,10,12-13,15H,4-5,8-9,11,18H2. The number of hydrogen-bond acceptors (Lipinski definition) is 2. The summed E-state index contributed by atoms with van der Waals surface area (Å²) in [6.07, 6.45) is 9.81. The predicted molar refractivity (Wildman–Crippen MR) is 81.0 cm³/mol. The third kappa shape index (κ3) is 2.01. The second-order valence-electron chi connectivity index (χ2n) is 6.46. The van der Waals surface area contributed by atoms with Crippen molar-refractivity contribution in [1.82, 2.24) is 9.55 Å². The fourth-order valence-electron chi connectivity index (χ4n) is 4.25. The van der Waals surface area contributed by atoms with E-state index in [0.717, 1.165) is 41.4 Å². The van der Waals surface area contributed by atoms with E-state index in [9.17, 15) is 0 Å². The molecule has 2 aliphatic rings. The quantitative estimate of drug-likeness (QED) is 0.864. The van der Waals surface area contributed by atoms with Crippen LogP contribution in [0.5, 0.6) is 0 Å². The molecule has 2 saturated carbocycles. The lowest BCUT2D eigenvalue weighted by atomic mass is 9.89. The second-order valence-corrected chi connectivity index (χ2v) is 6.46. The van der Waals surface area contributed by atoms with Gasteiger partial charge in [-0.2, -0.15) is 0 Å². The van der Waals surface area contributed by atoms with Gasteiger partial charge in [-0.05, 0) is 49.1 Å². The van der Waals surface area contributed by atoms with E-state index in [-0.39, 0.29) is 0 Å². The monoisotopic (exact) mass is 267 g/mol. The molecule has 2 aromatic rings. The first-order chi connectivity index (χ1) is 9.79. The zero-order valence-electron chi connectivity index (χ0n) is 11.7. The molecule has 0 spiro atoms. The first kappa shape index (κ1) is 12.0.